The fourth-order valence-corrected chi connectivity index (χ4v) is 4.77. The number of carbonyl (C=O) groups is 1. The molecule has 180 valence electrons. The van der Waals surface area contributed by atoms with Gasteiger partial charge in [-0.2, -0.15) is 0 Å². The van der Waals surface area contributed by atoms with Crippen LogP contribution in [-0.2, 0) is 6.54 Å². The molecule has 1 heterocycles. The number of hydrogen-bond donors (Lipinski definition) is 1. The van der Waals surface area contributed by atoms with Gasteiger partial charge in [0.05, 0.1) is 11.1 Å². The van der Waals surface area contributed by atoms with Crippen molar-refractivity contribution in [1.82, 2.24) is 15.2 Å². The Balaban J connectivity index is 1.41. The molecule has 1 amide bonds. The number of para-hydroxylation sites is 1. The lowest BCUT2D eigenvalue weighted by atomic mass is 10.1. The molecule has 0 aliphatic rings. The Morgan fingerprint density at radius 2 is 1.71 bits per heavy atom. The second kappa shape index (κ2) is 12.0. The summed E-state index contributed by atoms with van der Waals surface area (Å²) in [7, 11) is 0. The van der Waals surface area contributed by atoms with Crippen molar-refractivity contribution in [2.24, 2.45) is 0 Å². The van der Waals surface area contributed by atoms with Gasteiger partial charge in [-0.1, -0.05) is 60.3 Å². The zero-order valence-electron chi connectivity index (χ0n) is 20.1. The first-order valence-electron chi connectivity index (χ1n) is 11.9. The molecule has 0 bridgehead atoms. The van der Waals surface area contributed by atoms with Crippen LogP contribution in [0, 0.1) is 5.82 Å². The van der Waals surface area contributed by atoms with Crippen LogP contribution in [0.2, 0.25) is 0 Å². The van der Waals surface area contributed by atoms with Gasteiger partial charge in [-0.15, -0.1) is 0 Å². The molecule has 0 atom stereocenters. The molecule has 0 radical (unpaired) electrons. The predicted molar refractivity (Wildman–Crippen MR) is 141 cm³/mol. The molecule has 0 fully saturated rings. The molecule has 6 heteroatoms. The molecule has 4 aromatic rings. The summed E-state index contributed by atoms with van der Waals surface area (Å²) in [4.78, 5) is 21.1. The SMILES string of the molecule is CC(C)N(CCCNC(=O)c1cc(Sc2ccc(F)cc2)nc2ccccc12)Cc1ccccc1. The van der Waals surface area contributed by atoms with E-state index >= 15 is 0 Å². The molecule has 0 saturated heterocycles. The summed E-state index contributed by atoms with van der Waals surface area (Å²) in [6.45, 7) is 6.78. The standard InChI is InChI=1S/C29H30FN3OS/c1-21(2)33(20-22-9-4-3-5-10-22)18-8-17-31-29(34)26-19-28(32-27-12-7-6-11-25(26)27)35-24-15-13-23(30)14-16-24/h3-7,9-16,19,21H,8,17-18,20H2,1-2H3,(H,31,34). The molecule has 0 saturated carbocycles. The summed E-state index contributed by atoms with van der Waals surface area (Å²) < 4.78 is 13.3. The summed E-state index contributed by atoms with van der Waals surface area (Å²) in [5.74, 6) is -0.385. The van der Waals surface area contributed by atoms with Crippen LogP contribution in [0.5, 0.6) is 0 Å². The number of nitrogens with zero attached hydrogens (tertiary/aromatic N) is 2. The predicted octanol–water partition coefficient (Wildman–Crippen LogP) is 6.56. The first-order chi connectivity index (χ1) is 17.0. The number of benzene rings is 3. The van der Waals surface area contributed by atoms with Crippen LogP contribution < -0.4 is 5.32 Å². The van der Waals surface area contributed by atoms with E-state index < -0.39 is 0 Å². The van der Waals surface area contributed by atoms with Gasteiger partial charge >= 0.3 is 0 Å². The summed E-state index contributed by atoms with van der Waals surface area (Å²) in [6.07, 6.45) is 0.858. The smallest absolute Gasteiger partial charge is 0.252 e. The Bertz CT molecular complexity index is 1260. The molecular formula is C29H30FN3OS. The molecule has 0 aliphatic carbocycles. The maximum absolute atomic E-state index is 13.3. The topological polar surface area (TPSA) is 45.2 Å². The highest BCUT2D eigenvalue weighted by atomic mass is 32.2. The number of carbonyl (C=O) groups excluding carboxylic acids is 1. The van der Waals surface area contributed by atoms with Crippen LogP contribution in [-0.4, -0.2) is 34.9 Å². The molecule has 1 aromatic heterocycles. The molecule has 4 nitrogen and oxygen atoms in total. The number of halogens is 1. The van der Waals surface area contributed by atoms with E-state index in [0.717, 1.165) is 35.3 Å². The van der Waals surface area contributed by atoms with Crippen LogP contribution in [0.3, 0.4) is 0 Å². The lowest BCUT2D eigenvalue weighted by molar-refractivity contribution is 0.0952. The van der Waals surface area contributed by atoms with E-state index in [1.54, 1.807) is 12.1 Å². The van der Waals surface area contributed by atoms with Gasteiger partial charge in [0.25, 0.3) is 5.91 Å². The molecule has 0 spiro atoms. The fraction of sp³-hybridized carbons (Fsp3) is 0.241. The normalized spacial score (nSPS) is 11.3. The quantitative estimate of drug-likeness (QED) is 0.258. The van der Waals surface area contributed by atoms with Gasteiger partial charge in [-0.3, -0.25) is 9.69 Å². The minimum atomic E-state index is -0.277. The van der Waals surface area contributed by atoms with Crippen molar-refractivity contribution in [3.63, 3.8) is 0 Å². The monoisotopic (exact) mass is 487 g/mol. The molecule has 35 heavy (non-hydrogen) atoms. The molecular weight excluding hydrogens is 457 g/mol. The Morgan fingerprint density at radius 1 is 1.00 bits per heavy atom. The number of hydrogen-bond acceptors (Lipinski definition) is 4. The van der Waals surface area contributed by atoms with Crippen molar-refractivity contribution < 1.29 is 9.18 Å². The van der Waals surface area contributed by atoms with E-state index in [0.29, 0.717) is 23.2 Å². The molecule has 4 rings (SSSR count). The number of rotatable bonds is 10. The number of aromatic nitrogens is 1. The van der Waals surface area contributed by atoms with Crippen molar-refractivity contribution in [2.75, 3.05) is 13.1 Å². The third-order valence-electron chi connectivity index (χ3n) is 5.84. The second-order valence-corrected chi connectivity index (χ2v) is 9.83. The van der Waals surface area contributed by atoms with E-state index in [-0.39, 0.29) is 11.7 Å². The van der Waals surface area contributed by atoms with Gasteiger partial charge in [0.15, 0.2) is 0 Å². The minimum absolute atomic E-state index is 0.108. The molecule has 3 aromatic carbocycles. The van der Waals surface area contributed by atoms with Crippen molar-refractivity contribution in [3.05, 3.63) is 102 Å². The largest absolute Gasteiger partial charge is 0.352 e. The molecule has 0 unspecified atom stereocenters. The summed E-state index contributed by atoms with van der Waals surface area (Å²) in [5.41, 5.74) is 2.66. The first-order valence-corrected chi connectivity index (χ1v) is 12.7. The number of nitrogens with one attached hydrogen (secondary N) is 1. The first kappa shape index (κ1) is 24.9. The highest BCUT2D eigenvalue weighted by molar-refractivity contribution is 7.99. The van der Waals surface area contributed by atoms with E-state index in [1.165, 1.54) is 29.5 Å². The number of fused-ring (bicyclic) bond motifs is 1. The number of pyridine rings is 1. The van der Waals surface area contributed by atoms with Crippen LogP contribution >= 0.6 is 11.8 Å². The number of amides is 1. The van der Waals surface area contributed by atoms with E-state index in [2.05, 4.69) is 48.3 Å². The Labute approximate surface area is 210 Å². The Kier molecular flexibility index (Phi) is 8.50. The van der Waals surface area contributed by atoms with Gasteiger partial charge in [-0.05, 0) is 62.2 Å². The maximum atomic E-state index is 13.3. The van der Waals surface area contributed by atoms with Crippen LogP contribution in [0.25, 0.3) is 10.9 Å². The van der Waals surface area contributed by atoms with Gasteiger partial charge in [0.1, 0.15) is 10.8 Å². The lowest BCUT2D eigenvalue weighted by Crippen LogP contribution is -2.34. The maximum Gasteiger partial charge on any atom is 0.252 e. The van der Waals surface area contributed by atoms with Crippen LogP contribution in [0.1, 0.15) is 36.2 Å². The molecule has 1 N–H and O–H groups in total. The van der Waals surface area contributed by atoms with E-state index in [4.69, 9.17) is 4.98 Å². The van der Waals surface area contributed by atoms with E-state index in [1.807, 2.05) is 36.4 Å². The van der Waals surface area contributed by atoms with E-state index in [9.17, 15) is 9.18 Å². The van der Waals surface area contributed by atoms with Gasteiger partial charge < -0.3 is 5.32 Å². The van der Waals surface area contributed by atoms with Gasteiger partial charge in [0, 0.05) is 36.0 Å². The van der Waals surface area contributed by atoms with Crippen molar-refractivity contribution in [3.8, 4) is 0 Å². The van der Waals surface area contributed by atoms with Crippen LogP contribution in [0.4, 0.5) is 4.39 Å². The van der Waals surface area contributed by atoms with Crippen molar-refractivity contribution in [2.45, 2.75) is 42.8 Å². The summed E-state index contributed by atoms with van der Waals surface area (Å²) in [5, 5.41) is 4.62. The molecule has 0 aliphatic heterocycles. The summed E-state index contributed by atoms with van der Waals surface area (Å²) in [6, 6.07) is 26.6. The third kappa shape index (κ3) is 6.90. The van der Waals surface area contributed by atoms with Crippen molar-refractivity contribution >= 4 is 28.6 Å². The highest BCUT2D eigenvalue weighted by Gasteiger charge is 2.15. The van der Waals surface area contributed by atoms with Gasteiger partial charge in [-0.25, -0.2) is 9.37 Å². The minimum Gasteiger partial charge on any atom is -0.352 e. The average Bonchev–Trinajstić information content (AvgIpc) is 2.87. The second-order valence-electron chi connectivity index (χ2n) is 8.74. The zero-order chi connectivity index (χ0) is 24.6. The lowest BCUT2D eigenvalue weighted by Gasteiger charge is -2.26. The van der Waals surface area contributed by atoms with Crippen LogP contribution in [0.15, 0.2) is 94.9 Å². The summed E-state index contributed by atoms with van der Waals surface area (Å²) >= 11 is 1.41. The highest BCUT2D eigenvalue weighted by Crippen LogP contribution is 2.30. The Morgan fingerprint density at radius 3 is 2.46 bits per heavy atom. The third-order valence-corrected chi connectivity index (χ3v) is 6.77. The van der Waals surface area contributed by atoms with Crippen molar-refractivity contribution in [1.29, 1.82) is 0 Å². The fourth-order valence-electron chi connectivity index (χ4n) is 3.93. The average molecular weight is 488 g/mol. The van der Waals surface area contributed by atoms with Gasteiger partial charge in [0.2, 0.25) is 0 Å². The Hall–Kier alpha value is -3.22. The zero-order valence-corrected chi connectivity index (χ0v) is 20.9.